The van der Waals surface area contributed by atoms with Crippen molar-refractivity contribution < 1.29 is 14.4 Å². The number of hydrogen-bond donors (Lipinski definition) is 3. The van der Waals surface area contributed by atoms with E-state index in [1.807, 2.05) is 6.92 Å². The Balaban J connectivity index is 0.00000288. The van der Waals surface area contributed by atoms with E-state index in [0.717, 1.165) is 42.4 Å². The van der Waals surface area contributed by atoms with Gasteiger partial charge < -0.3 is 25.0 Å². The van der Waals surface area contributed by atoms with Crippen molar-refractivity contribution >= 4 is 29.9 Å². The number of aryl methyl sites for hydroxylation is 2. The highest BCUT2D eigenvalue weighted by atomic mass is 127. The smallest absolute Gasteiger partial charge is 0.191 e. The number of aromatic nitrogens is 1. The van der Waals surface area contributed by atoms with E-state index < -0.39 is 0 Å². The van der Waals surface area contributed by atoms with Crippen molar-refractivity contribution in [2.75, 3.05) is 32.9 Å². The fraction of sp³-hybridized carbons (Fsp3) is 0.750. The molecule has 0 bridgehead atoms. The topological polar surface area (TPSA) is 91.9 Å². The second kappa shape index (κ2) is 10.2. The van der Waals surface area contributed by atoms with Gasteiger partial charge in [-0.05, 0) is 13.3 Å². The Kier molecular flexibility index (Phi) is 8.99. The molecule has 138 valence electrons. The van der Waals surface area contributed by atoms with Crippen LogP contribution in [0.3, 0.4) is 0 Å². The predicted molar refractivity (Wildman–Crippen MR) is 104 cm³/mol. The second-order valence-electron chi connectivity index (χ2n) is 5.94. The molecular weight excluding hydrogens is 423 g/mol. The molecule has 0 spiro atoms. The van der Waals surface area contributed by atoms with E-state index in [9.17, 15) is 5.11 Å². The number of ether oxygens (including phenoxy) is 1. The lowest BCUT2D eigenvalue weighted by Crippen LogP contribution is -2.54. The van der Waals surface area contributed by atoms with Gasteiger partial charge in [0.25, 0.3) is 0 Å². The third-order valence-electron chi connectivity index (χ3n) is 4.13. The van der Waals surface area contributed by atoms with Gasteiger partial charge in [0.1, 0.15) is 5.76 Å². The van der Waals surface area contributed by atoms with Crippen LogP contribution in [0.4, 0.5) is 0 Å². The largest absolute Gasteiger partial charge is 0.396 e. The van der Waals surface area contributed by atoms with Gasteiger partial charge in [-0.25, -0.2) is 4.99 Å². The monoisotopic (exact) mass is 452 g/mol. The zero-order chi connectivity index (χ0) is 16.7. The normalized spacial score (nSPS) is 16.2. The van der Waals surface area contributed by atoms with E-state index >= 15 is 0 Å². The Morgan fingerprint density at radius 3 is 2.50 bits per heavy atom. The van der Waals surface area contributed by atoms with Gasteiger partial charge in [0.2, 0.25) is 0 Å². The van der Waals surface area contributed by atoms with Gasteiger partial charge >= 0.3 is 0 Å². The molecule has 0 aromatic carbocycles. The molecule has 0 atom stereocenters. The molecule has 1 aromatic heterocycles. The molecule has 0 amide bonds. The van der Waals surface area contributed by atoms with Gasteiger partial charge in [-0.15, -0.1) is 24.0 Å². The maximum absolute atomic E-state index is 9.50. The first kappa shape index (κ1) is 21.2. The molecule has 1 fully saturated rings. The van der Waals surface area contributed by atoms with Crippen molar-refractivity contribution in [2.45, 2.75) is 40.2 Å². The minimum atomic E-state index is -0.184. The first-order chi connectivity index (χ1) is 11.2. The minimum absolute atomic E-state index is 0. The van der Waals surface area contributed by atoms with Crippen molar-refractivity contribution in [2.24, 2.45) is 10.4 Å². The summed E-state index contributed by atoms with van der Waals surface area (Å²) in [4.78, 5) is 4.64. The first-order valence-corrected chi connectivity index (χ1v) is 8.35. The van der Waals surface area contributed by atoms with Gasteiger partial charge in [-0.1, -0.05) is 19.0 Å². The van der Waals surface area contributed by atoms with Crippen molar-refractivity contribution in [1.82, 2.24) is 15.8 Å². The number of aliphatic hydroxyl groups is 1. The molecule has 3 N–H and O–H groups in total. The van der Waals surface area contributed by atoms with Gasteiger partial charge in [0, 0.05) is 25.1 Å². The number of aliphatic imine (C=N–C) groups is 1. The van der Waals surface area contributed by atoms with E-state index in [1.165, 1.54) is 0 Å². The molecule has 0 aliphatic carbocycles. The predicted octanol–water partition coefficient (Wildman–Crippen LogP) is 1.48. The van der Waals surface area contributed by atoms with Crippen LogP contribution in [0.25, 0.3) is 0 Å². The Morgan fingerprint density at radius 2 is 2.00 bits per heavy atom. The Hall–Kier alpha value is -0.870. The standard InChI is InChI=1S/C16H28N4O3.HI/c1-4-13-12(14(5-2)23-20-13)7-18-15(17-6-3)19-8-16(9-21)10-22-11-16;/h21H,4-11H2,1-3H3,(H2,17,18,19);1H. The molecule has 1 saturated heterocycles. The van der Waals surface area contributed by atoms with E-state index in [0.29, 0.717) is 26.3 Å². The van der Waals surface area contributed by atoms with Crippen LogP contribution >= 0.6 is 24.0 Å². The molecule has 1 aliphatic rings. The van der Waals surface area contributed by atoms with Crippen LogP contribution in [0.1, 0.15) is 37.8 Å². The Labute approximate surface area is 160 Å². The minimum Gasteiger partial charge on any atom is -0.396 e. The summed E-state index contributed by atoms with van der Waals surface area (Å²) in [6.45, 7) is 9.38. The third kappa shape index (κ3) is 5.06. The molecular formula is C16H29IN4O3. The number of rotatable bonds is 8. The molecule has 24 heavy (non-hydrogen) atoms. The highest BCUT2D eigenvalue weighted by Crippen LogP contribution is 2.25. The fourth-order valence-electron chi connectivity index (χ4n) is 2.53. The molecule has 0 saturated carbocycles. The van der Waals surface area contributed by atoms with Crippen LogP contribution in [-0.2, 0) is 24.1 Å². The number of nitrogens with one attached hydrogen (secondary N) is 2. The fourth-order valence-corrected chi connectivity index (χ4v) is 2.53. The van der Waals surface area contributed by atoms with Crippen LogP contribution < -0.4 is 10.6 Å². The Morgan fingerprint density at radius 1 is 1.25 bits per heavy atom. The molecule has 8 heteroatoms. The average molecular weight is 452 g/mol. The molecule has 7 nitrogen and oxygen atoms in total. The molecule has 1 aliphatic heterocycles. The lowest BCUT2D eigenvalue weighted by Gasteiger charge is -2.40. The van der Waals surface area contributed by atoms with Crippen LogP contribution in [0.15, 0.2) is 9.52 Å². The lowest BCUT2D eigenvalue weighted by atomic mass is 9.87. The summed E-state index contributed by atoms with van der Waals surface area (Å²) < 4.78 is 10.6. The summed E-state index contributed by atoms with van der Waals surface area (Å²) in [6.07, 6.45) is 1.65. The summed E-state index contributed by atoms with van der Waals surface area (Å²) in [7, 11) is 0. The van der Waals surface area contributed by atoms with E-state index in [4.69, 9.17) is 9.26 Å². The summed E-state index contributed by atoms with van der Waals surface area (Å²) in [6, 6.07) is 0. The molecule has 2 heterocycles. The SMILES string of the molecule is CCNC(=NCc1c(CC)noc1CC)NCC1(CO)COC1.I. The lowest BCUT2D eigenvalue weighted by molar-refractivity contribution is -0.132. The quantitative estimate of drug-likeness (QED) is 0.315. The molecule has 2 rings (SSSR count). The highest BCUT2D eigenvalue weighted by Gasteiger charge is 2.38. The summed E-state index contributed by atoms with van der Waals surface area (Å²) in [5.41, 5.74) is 1.87. The average Bonchev–Trinajstić information content (AvgIpc) is 2.93. The maximum Gasteiger partial charge on any atom is 0.191 e. The first-order valence-electron chi connectivity index (χ1n) is 8.35. The summed E-state index contributed by atoms with van der Waals surface area (Å²) >= 11 is 0. The van der Waals surface area contributed by atoms with Gasteiger partial charge in [-0.3, -0.25) is 0 Å². The van der Waals surface area contributed by atoms with Crippen molar-refractivity contribution in [3.63, 3.8) is 0 Å². The highest BCUT2D eigenvalue weighted by molar-refractivity contribution is 14.0. The number of guanidine groups is 1. The van der Waals surface area contributed by atoms with Crippen molar-refractivity contribution in [3.05, 3.63) is 17.0 Å². The van der Waals surface area contributed by atoms with Crippen LogP contribution in [0.2, 0.25) is 0 Å². The number of nitrogens with zero attached hydrogens (tertiary/aromatic N) is 2. The van der Waals surface area contributed by atoms with Gasteiger partial charge in [-0.2, -0.15) is 0 Å². The zero-order valence-electron chi connectivity index (χ0n) is 14.7. The van der Waals surface area contributed by atoms with E-state index in [2.05, 4.69) is 34.6 Å². The van der Waals surface area contributed by atoms with Crippen molar-refractivity contribution in [1.29, 1.82) is 0 Å². The van der Waals surface area contributed by atoms with E-state index in [1.54, 1.807) is 0 Å². The second-order valence-corrected chi connectivity index (χ2v) is 5.94. The molecule has 0 radical (unpaired) electrons. The summed E-state index contributed by atoms with van der Waals surface area (Å²) in [5, 5.41) is 20.1. The maximum atomic E-state index is 9.50. The van der Waals surface area contributed by atoms with E-state index in [-0.39, 0.29) is 36.0 Å². The molecule has 1 aromatic rings. The Bertz CT molecular complexity index is 502. The molecule has 0 unspecified atom stereocenters. The number of aliphatic hydroxyl groups excluding tert-OH is 1. The van der Waals surface area contributed by atoms with Gasteiger partial charge in [0.05, 0.1) is 37.5 Å². The zero-order valence-corrected chi connectivity index (χ0v) is 17.1. The number of halogens is 1. The van der Waals surface area contributed by atoms with Crippen LogP contribution in [0.5, 0.6) is 0 Å². The number of hydrogen-bond acceptors (Lipinski definition) is 5. The van der Waals surface area contributed by atoms with Crippen LogP contribution in [0, 0.1) is 5.41 Å². The summed E-state index contributed by atoms with van der Waals surface area (Å²) in [5.74, 6) is 1.64. The van der Waals surface area contributed by atoms with Crippen molar-refractivity contribution in [3.8, 4) is 0 Å². The van der Waals surface area contributed by atoms with Crippen LogP contribution in [-0.4, -0.2) is 49.1 Å². The van der Waals surface area contributed by atoms with Gasteiger partial charge in [0.15, 0.2) is 5.96 Å². The third-order valence-corrected chi connectivity index (χ3v) is 4.13.